The summed E-state index contributed by atoms with van der Waals surface area (Å²) in [5, 5.41) is 12.6. The lowest BCUT2D eigenvalue weighted by atomic mass is 10.2. The molecule has 0 N–H and O–H groups in total. The SMILES string of the molecule is CN(C)c1ccc(-c2nnn(CC(=O)N(c3ccccc3)c3ccccc3)n2)cc1. The Balaban J connectivity index is 1.56. The van der Waals surface area contributed by atoms with Crippen molar-refractivity contribution in [2.45, 2.75) is 6.54 Å². The van der Waals surface area contributed by atoms with Crippen LogP contribution in [0.15, 0.2) is 84.9 Å². The number of amides is 1. The number of aromatic nitrogens is 4. The molecule has 7 nitrogen and oxygen atoms in total. The fourth-order valence-corrected chi connectivity index (χ4v) is 3.12. The van der Waals surface area contributed by atoms with Gasteiger partial charge in [0.1, 0.15) is 6.54 Å². The monoisotopic (exact) mass is 398 g/mol. The van der Waals surface area contributed by atoms with Gasteiger partial charge in [-0.15, -0.1) is 10.2 Å². The van der Waals surface area contributed by atoms with E-state index in [2.05, 4.69) is 15.4 Å². The summed E-state index contributed by atoms with van der Waals surface area (Å²) in [7, 11) is 3.97. The average Bonchev–Trinajstić information content (AvgIpc) is 3.24. The molecule has 0 atom stereocenters. The molecular weight excluding hydrogens is 376 g/mol. The number of hydrogen-bond acceptors (Lipinski definition) is 5. The van der Waals surface area contributed by atoms with Gasteiger partial charge in [0.05, 0.1) is 0 Å². The van der Waals surface area contributed by atoms with Crippen LogP contribution in [-0.2, 0) is 11.3 Å². The van der Waals surface area contributed by atoms with Gasteiger partial charge in [-0.25, -0.2) is 0 Å². The zero-order chi connectivity index (χ0) is 20.9. The summed E-state index contributed by atoms with van der Waals surface area (Å²) in [5.74, 6) is 0.332. The molecule has 0 aliphatic heterocycles. The minimum absolute atomic E-state index is 0.0213. The number of benzene rings is 3. The van der Waals surface area contributed by atoms with E-state index in [1.807, 2.05) is 104 Å². The van der Waals surface area contributed by atoms with Crippen LogP contribution in [0.5, 0.6) is 0 Å². The number of tetrazole rings is 1. The number of para-hydroxylation sites is 2. The molecule has 4 rings (SSSR count). The topological polar surface area (TPSA) is 67.2 Å². The Morgan fingerprint density at radius 1 is 0.800 bits per heavy atom. The third-order valence-electron chi connectivity index (χ3n) is 4.65. The minimum Gasteiger partial charge on any atom is -0.378 e. The first kappa shape index (κ1) is 19.3. The molecule has 0 saturated carbocycles. The van der Waals surface area contributed by atoms with E-state index in [0.29, 0.717) is 5.82 Å². The van der Waals surface area contributed by atoms with Crippen LogP contribution in [0.2, 0.25) is 0 Å². The molecular formula is C23H22N6O. The van der Waals surface area contributed by atoms with Crippen molar-refractivity contribution >= 4 is 23.0 Å². The summed E-state index contributed by atoms with van der Waals surface area (Å²) < 4.78 is 0. The van der Waals surface area contributed by atoms with E-state index in [-0.39, 0.29) is 12.5 Å². The van der Waals surface area contributed by atoms with Gasteiger partial charge in [0.25, 0.3) is 5.91 Å². The summed E-state index contributed by atoms with van der Waals surface area (Å²) in [6.07, 6.45) is 0. The summed E-state index contributed by atoms with van der Waals surface area (Å²) in [6.45, 7) is -0.0213. The third kappa shape index (κ3) is 4.20. The van der Waals surface area contributed by atoms with Crippen molar-refractivity contribution in [1.82, 2.24) is 20.2 Å². The van der Waals surface area contributed by atoms with Gasteiger partial charge >= 0.3 is 0 Å². The quantitative estimate of drug-likeness (QED) is 0.495. The maximum absolute atomic E-state index is 13.2. The van der Waals surface area contributed by atoms with Crippen molar-refractivity contribution in [1.29, 1.82) is 0 Å². The van der Waals surface area contributed by atoms with Gasteiger partial charge < -0.3 is 4.90 Å². The van der Waals surface area contributed by atoms with Crippen LogP contribution in [-0.4, -0.2) is 40.2 Å². The summed E-state index contributed by atoms with van der Waals surface area (Å²) in [4.78, 5) is 18.2. The highest BCUT2D eigenvalue weighted by Gasteiger charge is 2.19. The number of carbonyl (C=O) groups excluding carboxylic acids is 1. The molecule has 0 bridgehead atoms. The van der Waals surface area contributed by atoms with Crippen LogP contribution < -0.4 is 9.80 Å². The lowest BCUT2D eigenvalue weighted by molar-refractivity contribution is -0.118. The molecule has 1 aromatic heterocycles. The second-order valence-corrected chi connectivity index (χ2v) is 6.98. The molecule has 1 amide bonds. The van der Waals surface area contributed by atoms with Crippen molar-refractivity contribution in [3.8, 4) is 11.4 Å². The molecule has 0 aliphatic rings. The van der Waals surface area contributed by atoms with E-state index in [1.54, 1.807) is 4.90 Å². The maximum Gasteiger partial charge on any atom is 0.255 e. The molecule has 0 fully saturated rings. The first-order valence-corrected chi connectivity index (χ1v) is 9.60. The predicted octanol–water partition coefficient (Wildman–Crippen LogP) is 3.77. The van der Waals surface area contributed by atoms with Crippen molar-refractivity contribution in [3.05, 3.63) is 84.9 Å². The van der Waals surface area contributed by atoms with Crippen molar-refractivity contribution < 1.29 is 4.79 Å². The Morgan fingerprint density at radius 3 is 1.90 bits per heavy atom. The van der Waals surface area contributed by atoms with Gasteiger partial charge in [0.2, 0.25) is 5.82 Å². The van der Waals surface area contributed by atoms with E-state index < -0.39 is 0 Å². The number of hydrogen-bond donors (Lipinski definition) is 0. The molecule has 0 spiro atoms. The molecule has 0 unspecified atom stereocenters. The van der Waals surface area contributed by atoms with Crippen molar-refractivity contribution in [2.24, 2.45) is 0 Å². The highest BCUT2D eigenvalue weighted by Crippen LogP contribution is 2.25. The van der Waals surface area contributed by atoms with E-state index in [4.69, 9.17) is 0 Å². The summed E-state index contributed by atoms with van der Waals surface area (Å²) >= 11 is 0. The average molecular weight is 398 g/mol. The smallest absolute Gasteiger partial charge is 0.255 e. The molecule has 1 heterocycles. The Kier molecular flexibility index (Phi) is 5.52. The van der Waals surface area contributed by atoms with Crippen LogP contribution in [0, 0.1) is 0 Å². The zero-order valence-corrected chi connectivity index (χ0v) is 16.9. The molecule has 3 aromatic carbocycles. The zero-order valence-electron chi connectivity index (χ0n) is 16.9. The lowest BCUT2D eigenvalue weighted by Crippen LogP contribution is -2.30. The number of rotatable bonds is 6. The third-order valence-corrected chi connectivity index (χ3v) is 4.65. The van der Waals surface area contributed by atoms with Gasteiger partial charge in [-0.05, 0) is 53.7 Å². The van der Waals surface area contributed by atoms with Gasteiger partial charge in [0, 0.05) is 36.7 Å². The number of carbonyl (C=O) groups is 1. The highest BCUT2D eigenvalue weighted by atomic mass is 16.2. The molecule has 7 heteroatoms. The second-order valence-electron chi connectivity index (χ2n) is 6.98. The van der Waals surface area contributed by atoms with Gasteiger partial charge in [-0.2, -0.15) is 4.80 Å². The Morgan fingerprint density at radius 2 is 1.37 bits per heavy atom. The van der Waals surface area contributed by atoms with Gasteiger partial charge in [-0.3, -0.25) is 9.69 Å². The fourth-order valence-electron chi connectivity index (χ4n) is 3.12. The largest absolute Gasteiger partial charge is 0.378 e. The van der Waals surface area contributed by atoms with Gasteiger partial charge in [-0.1, -0.05) is 36.4 Å². The van der Waals surface area contributed by atoms with E-state index >= 15 is 0 Å². The second kappa shape index (κ2) is 8.57. The van der Waals surface area contributed by atoms with E-state index in [0.717, 1.165) is 22.6 Å². The summed E-state index contributed by atoms with van der Waals surface area (Å²) in [6, 6.07) is 26.9. The van der Waals surface area contributed by atoms with Crippen LogP contribution in [0.25, 0.3) is 11.4 Å². The molecule has 0 saturated heterocycles. The van der Waals surface area contributed by atoms with Gasteiger partial charge in [0.15, 0.2) is 0 Å². The normalized spacial score (nSPS) is 10.6. The Labute approximate surface area is 175 Å². The predicted molar refractivity (Wildman–Crippen MR) is 118 cm³/mol. The highest BCUT2D eigenvalue weighted by molar-refractivity contribution is 6.00. The lowest BCUT2D eigenvalue weighted by Gasteiger charge is -2.22. The van der Waals surface area contributed by atoms with Crippen LogP contribution in [0.3, 0.4) is 0 Å². The Bertz CT molecular complexity index is 1070. The Hall–Kier alpha value is -4.00. The van der Waals surface area contributed by atoms with Crippen molar-refractivity contribution in [3.63, 3.8) is 0 Å². The summed E-state index contributed by atoms with van der Waals surface area (Å²) in [5.41, 5.74) is 3.51. The molecule has 150 valence electrons. The first-order chi connectivity index (χ1) is 14.6. The van der Waals surface area contributed by atoms with Crippen LogP contribution >= 0.6 is 0 Å². The van der Waals surface area contributed by atoms with Crippen LogP contribution in [0.4, 0.5) is 17.1 Å². The van der Waals surface area contributed by atoms with Crippen molar-refractivity contribution in [2.75, 3.05) is 23.9 Å². The maximum atomic E-state index is 13.2. The number of nitrogens with zero attached hydrogens (tertiary/aromatic N) is 6. The molecule has 0 aliphatic carbocycles. The standard InChI is InChI=1S/C23H22N6O/c1-27(2)19-15-13-18(14-16-19)23-24-26-28(25-23)17-22(30)29(20-9-5-3-6-10-20)21-11-7-4-8-12-21/h3-16H,17H2,1-2H3. The fraction of sp³-hybridized carbons (Fsp3) is 0.130. The first-order valence-electron chi connectivity index (χ1n) is 9.60. The van der Waals surface area contributed by atoms with E-state index in [9.17, 15) is 4.79 Å². The number of anilines is 3. The molecule has 0 radical (unpaired) electrons. The minimum atomic E-state index is -0.153. The van der Waals surface area contributed by atoms with Crippen LogP contribution in [0.1, 0.15) is 0 Å². The van der Waals surface area contributed by atoms with E-state index in [1.165, 1.54) is 4.80 Å². The molecule has 4 aromatic rings. The molecule has 30 heavy (non-hydrogen) atoms.